The molecular weight excluding hydrogens is 196 g/mol. The second-order valence-corrected chi connectivity index (χ2v) is 4.04. The van der Waals surface area contributed by atoms with Gasteiger partial charge in [-0.25, -0.2) is 0 Å². The molecule has 0 saturated heterocycles. The molecule has 1 aromatic carbocycles. The second kappa shape index (κ2) is 5.20. The summed E-state index contributed by atoms with van der Waals surface area (Å²) >= 11 is 6.87. The Morgan fingerprint density at radius 3 is 2.38 bits per heavy atom. The molecule has 0 radical (unpaired) electrons. The molecule has 0 aliphatic heterocycles. The van der Waals surface area contributed by atoms with Crippen LogP contribution in [0.4, 0.5) is 0 Å². The van der Waals surface area contributed by atoms with Crippen molar-refractivity contribution in [3.63, 3.8) is 0 Å². The van der Waals surface area contributed by atoms with Gasteiger partial charge in [0, 0.05) is 5.57 Å². The zero-order chi connectivity index (χ0) is 9.68. The Bertz CT molecular complexity index is 312. The predicted octanol–water partition coefficient (Wildman–Crippen LogP) is 3.78. The molecule has 2 heteroatoms. The molecule has 0 heterocycles. The average Bonchev–Trinajstić information content (AvgIpc) is 2.20. The van der Waals surface area contributed by atoms with Crippen molar-refractivity contribution < 1.29 is 0 Å². The number of rotatable bonds is 2. The van der Waals surface area contributed by atoms with Crippen molar-refractivity contribution in [1.82, 2.24) is 0 Å². The lowest BCUT2D eigenvalue weighted by Crippen LogP contribution is -1.92. The van der Waals surface area contributed by atoms with Crippen LogP contribution in [0.2, 0.25) is 0 Å². The Morgan fingerprint density at radius 1 is 1.31 bits per heavy atom. The van der Waals surface area contributed by atoms with E-state index in [0.29, 0.717) is 0 Å². The second-order valence-electron chi connectivity index (χ2n) is 2.56. The third-order valence-electron chi connectivity index (χ3n) is 1.78. The standard InChI is InChI=1S/C11H12S2/c1-3-10(11(12)13-2)9-7-5-4-6-8-9/h3-8H,1-2H3/b10-3-. The highest BCUT2D eigenvalue weighted by molar-refractivity contribution is 8.24. The minimum Gasteiger partial charge on any atom is -0.117 e. The molecule has 1 rings (SSSR count). The lowest BCUT2D eigenvalue weighted by Gasteiger charge is -2.05. The minimum absolute atomic E-state index is 0.953. The van der Waals surface area contributed by atoms with E-state index in [2.05, 4.69) is 18.2 Å². The number of hydrogen-bond donors (Lipinski definition) is 0. The fraction of sp³-hybridized carbons (Fsp3) is 0.182. The minimum atomic E-state index is 0.953. The van der Waals surface area contributed by atoms with Crippen LogP contribution in [-0.4, -0.2) is 10.5 Å². The summed E-state index contributed by atoms with van der Waals surface area (Å²) in [6.07, 6.45) is 4.07. The predicted molar refractivity (Wildman–Crippen MR) is 66.2 cm³/mol. The van der Waals surface area contributed by atoms with Gasteiger partial charge in [0.25, 0.3) is 0 Å². The van der Waals surface area contributed by atoms with Crippen LogP contribution in [0.3, 0.4) is 0 Å². The van der Waals surface area contributed by atoms with Crippen LogP contribution in [0.5, 0.6) is 0 Å². The van der Waals surface area contributed by atoms with Crippen molar-refractivity contribution in [1.29, 1.82) is 0 Å². The van der Waals surface area contributed by atoms with Crippen LogP contribution in [0.25, 0.3) is 5.57 Å². The quantitative estimate of drug-likeness (QED) is 0.536. The first-order valence-corrected chi connectivity index (χ1v) is 5.73. The maximum Gasteiger partial charge on any atom is 0.0778 e. The number of benzene rings is 1. The maximum atomic E-state index is 5.25. The molecule has 0 unspecified atom stereocenters. The number of hydrogen-bond acceptors (Lipinski definition) is 2. The van der Waals surface area contributed by atoms with E-state index in [1.807, 2.05) is 31.4 Å². The molecule has 0 atom stereocenters. The molecule has 13 heavy (non-hydrogen) atoms. The zero-order valence-corrected chi connectivity index (χ0v) is 9.41. The number of allylic oxidation sites excluding steroid dienone is 1. The van der Waals surface area contributed by atoms with Gasteiger partial charge in [0.15, 0.2) is 0 Å². The summed E-state index contributed by atoms with van der Waals surface area (Å²) in [6.45, 7) is 2.02. The summed E-state index contributed by atoms with van der Waals surface area (Å²) in [7, 11) is 0. The van der Waals surface area contributed by atoms with Gasteiger partial charge in [-0.3, -0.25) is 0 Å². The van der Waals surface area contributed by atoms with Crippen LogP contribution in [-0.2, 0) is 0 Å². The third-order valence-corrected chi connectivity index (χ3v) is 3.09. The van der Waals surface area contributed by atoms with Gasteiger partial charge in [0.1, 0.15) is 0 Å². The largest absolute Gasteiger partial charge is 0.117 e. The molecule has 0 spiro atoms. The van der Waals surface area contributed by atoms with E-state index in [1.165, 1.54) is 5.56 Å². The first kappa shape index (κ1) is 10.5. The van der Waals surface area contributed by atoms with Gasteiger partial charge >= 0.3 is 0 Å². The first-order chi connectivity index (χ1) is 6.29. The first-order valence-electron chi connectivity index (χ1n) is 4.09. The van der Waals surface area contributed by atoms with Crippen LogP contribution < -0.4 is 0 Å². The summed E-state index contributed by atoms with van der Waals surface area (Å²) in [6, 6.07) is 10.2. The summed E-state index contributed by atoms with van der Waals surface area (Å²) in [5.41, 5.74) is 2.35. The fourth-order valence-electron chi connectivity index (χ4n) is 1.13. The summed E-state index contributed by atoms with van der Waals surface area (Å²) in [4.78, 5) is 0. The Labute approximate surface area is 89.0 Å². The maximum absolute atomic E-state index is 5.25. The Kier molecular flexibility index (Phi) is 4.19. The summed E-state index contributed by atoms with van der Waals surface area (Å²) < 4.78 is 0.953. The van der Waals surface area contributed by atoms with Crippen molar-refractivity contribution in [3.8, 4) is 0 Å². The molecule has 0 aromatic heterocycles. The van der Waals surface area contributed by atoms with Gasteiger partial charge in [-0.15, -0.1) is 11.8 Å². The SMILES string of the molecule is C/C=C(\C(=S)SC)c1ccccc1. The molecule has 68 valence electrons. The molecule has 0 amide bonds. The molecule has 0 bridgehead atoms. The Hall–Kier alpha value is -0.600. The van der Waals surface area contributed by atoms with E-state index >= 15 is 0 Å². The van der Waals surface area contributed by atoms with Crippen LogP contribution in [0, 0.1) is 0 Å². The molecule has 1 aromatic rings. The van der Waals surface area contributed by atoms with Gasteiger partial charge in [-0.2, -0.15) is 0 Å². The molecule has 0 N–H and O–H groups in total. The van der Waals surface area contributed by atoms with Crippen LogP contribution in [0.1, 0.15) is 12.5 Å². The van der Waals surface area contributed by atoms with Crippen LogP contribution >= 0.6 is 24.0 Å². The third kappa shape index (κ3) is 2.68. The smallest absolute Gasteiger partial charge is 0.0778 e. The van der Waals surface area contributed by atoms with Gasteiger partial charge in [0.2, 0.25) is 0 Å². The highest BCUT2D eigenvalue weighted by Gasteiger charge is 2.03. The number of thioether (sulfide) groups is 1. The highest BCUT2D eigenvalue weighted by atomic mass is 32.2. The van der Waals surface area contributed by atoms with Gasteiger partial charge < -0.3 is 0 Å². The van der Waals surface area contributed by atoms with E-state index in [9.17, 15) is 0 Å². The lowest BCUT2D eigenvalue weighted by atomic mass is 10.1. The molecule has 0 nitrogen and oxygen atoms in total. The lowest BCUT2D eigenvalue weighted by molar-refractivity contribution is 1.62. The van der Waals surface area contributed by atoms with E-state index in [0.717, 1.165) is 9.77 Å². The summed E-state index contributed by atoms with van der Waals surface area (Å²) in [5.74, 6) is 0. The fourth-order valence-corrected chi connectivity index (χ4v) is 1.82. The summed E-state index contributed by atoms with van der Waals surface area (Å²) in [5, 5.41) is 0. The zero-order valence-electron chi connectivity index (χ0n) is 7.78. The van der Waals surface area contributed by atoms with E-state index in [-0.39, 0.29) is 0 Å². The van der Waals surface area contributed by atoms with E-state index in [4.69, 9.17) is 12.2 Å². The van der Waals surface area contributed by atoms with Crippen molar-refractivity contribution in [2.75, 3.05) is 6.26 Å². The van der Waals surface area contributed by atoms with Crippen molar-refractivity contribution in [2.45, 2.75) is 6.92 Å². The average molecular weight is 208 g/mol. The van der Waals surface area contributed by atoms with Crippen molar-refractivity contribution >= 4 is 33.7 Å². The van der Waals surface area contributed by atoms with Crippen molar-refractivity contribution in [3.05, 3.63) is 42.0 Å². The topological polar surface area (TPSA) is 0 Å². The molecule has 0 aliphatic carbocycles. The van der Waals surface area contributed by atoms with Gasteiger partial charge in [-0.05, 0) is 18.7 Å². The molecule has 0 aliphatic rings. The molecule has 0 fully saturated rings. The number of thiocarbonyl (C=S) groups is 1. The van der Waals surface area contributed by atoms with Gasteiger partial charge in [0.05, 0.1) is 4.20 Å². The van der Waals surface area contributed by atoms with Crippen molar-refractivity contribution in [2.24, 2.45) is 0 Å². The van der Waals surface area contributed by atoms with Gasteiger partial charge in [-0.1, -0.05) is 48.6 Å². The van der Waals surface area contributed by atoms with E-state index < -0.39 is 0 Å². The Morgan fingerprint density at radius 2 is 1.92 bits per heavy atom. The van der Waals surface area contributed by atoms with Crippen LogP contribution in [0.15, 0.2) is 36.4 Å². The normalized spacial score (nSPS) is 11.4. The highest BCUT2D eigenvalue weighted by Crippen LogP contribution is 2.21. The monoisotopic (exact) mass is 208 g/mol. The molecule has 0 saturated carbocycles. The molecular formula is C11H12S2. The Balaban J connectivity index is 3.00. The van der Waals surface area contributed by atoms with E-state index in [1.54, 1.807) is 11.8 Å².